The van der Waals surface area contributed by atoms with E-state index in [1.807, 2.05) is 13.8 Å². The number of carboxylic acid groups (broad SMARTS) is 1. The first kappa shape index (κ1) is 19.1. The van der Waals surface area contributed by atoms with Gasteiger partial charge >= 0.3 is 5.97 Å². The van der Waals surface area contributed by atoms with Crippen molar-refractivity contribution in [3.8, 4) is 17.2 Å². The maximum Gasteiger partial charge on any atom is 0.335 e. The maximum atomic E-state index is 12.7. The van der Waals surface area contributed by atoms with Gasteiger partial charge in [0.2, 0.25) is 0 Å². The molecule has 26 heavy (non-hydrogen) atoms. The van der Waals surface area contributed by atoms with Gasteiger partial charge in [-0.15, -0.1) is 0 Å². The standard InChI is InChI=1S/C19H21NO6/c1-11(2)26-16-8-5-12(19(22)23)9-15(16)20-18(21)14-7-6-13(24-3)10-17(14)25-4/h5-11H,1-4H3,(H,20,21)(H,22,23). The van der Waals surface area contributed by atoms with E-state index in [2.05, 4.69) is 5.32 Å². The van der Waals surface area contributed by atoms with Gasteiger partial charge in [-0.05, 0) is 44.2 Å². The minimum absolute atomic E-state index is 0.0399. The average Bonchev–Trinajstić information content (AvgIpc) is 2.61. The number of hydrogen-bond donors (Lipinski definition) is 2. The molecule has 0 heterocycles. The second-order valence-electron chi connectivity index (χ2n) is 5.70. The third kappa shape index (κ3) is 4.44. The summed E-state index contributed by atoms with van der Waals surface area (Å²) in [6.07, 6.45) is -0.142. The van der Waals surface area contributed by atoms with E-state index >= 15 is 0 Å². The van der Waals surface area contributed by atoms with Crippen molar-refractivity contribution in [2.24, 2.45) is 0 Å². The summed E-state index contributed by atoms with van der Waals surface area (Å²) >= 11 is 0. The highest BCUT2D eigenvalue weighted by molar-refractivity contribution is 6.07. The highest BCUT2D eigenvalue weighted by atomic mass is 16.5. The van der Waals surface area contributed by atoms with Crippen molar-refractivity contribution in [1.82, 2.24) is 0 Å². The molecule has 0 spiro atoms. The van der Waals surface area contributed by atoms with Gasteiger partial charge in [0.25, 0.3) is 5.91 Å². The van der Waals surface area contributed by atoms with E-state index in [1.165, 1.54) is 32.4 Å². The van der Waals surface area contributed by atoms with Crippen molar-refractivity contribution in [1.29, 1.82) is 0 Å². The van der Waals surface area contributed by atoms with Crippen LogP contribution in [0.15, 0.2) is 36.4 Å². The lowest BCUT2D eigenvalue weighted by Gasteiger charge is -2.16. The minimum atomic E-state index is -1.10. The molecule has 0 aliphatic heterocycles. The SMILES string of the molecule is COc1ccc(C(=O)Nc2cc(C(=O)O)ccc2OC(C)C)c(OC)c1. The Labute approximate surface area is 151 Å². The van der Waals surface area contributed by atoms with E-state index in [0.717, 1.165) is 0 Å². The lowest BCUT2D eigenvalue weighted by atomic mass is 10.1. The van der Waals surface area contributed by atoms with Crippen LogP contribution in [0.1, 0.15) is 34.6 Å². The number of nitrogens with one attached hydrogen (secondary N) is 1. The van der Waals surface area contributed by atoms with Crippen LogP contribution in [0.5, 0.6) is 17.2 Å². The highest BCUT2D eigenvalue weighted by Crippen LogP contribution is 2.30. The largest absolute Gasteiger partial charge is 0.497 e. The monoisotopic (exact) mass is 359 g/mol. The molecule has 1 amide bonds. The van der Waals surface area contributed by atoms with E-state index in [4.69, 9.17) is 14.2 Å². The third-order valence-electron chi connectivity index (χ3n) is 3.49. The quantitative estimate of drug-likeness (QED) is 0.786. The first-order valence-electron chi connectivity index (χ1n) is 7.93. The van der Waals surface area contributed by atoms with Gasteiger partial charge in [-0.2, -0.15) is 0 Å². The molecule has 0 aliphatic rings. The number of hydrogen-bond acceptors (Lipinski definition) is 5. The van der Waals surface area contributed by atoms with Crippen LogP contribution in [0.4, 0.5) is 5.69 Å². The Bertz CT molecular complexity index is 816. The minimum Gasteiger partial charge on any atom is -0.497 e. The summed E-state index contributed by atoms with van der Waals surface area (Å²) in [6.45, 7) is 3.67. The van der Waals surface area contributed by atoms with Crippen LogP contribution in [0.3, 0.4) is 0 Å². The van der Waals surface area contributed by atoms with Crippen LogP contribution in [0, 0.1) is 0 Å². The van der Waals surface area contributed by atoms with Gasteiger partial charge in [0, 0.05) is 6.07 Å². The third-order valence-corrected chi connectivity index (χ3v) is 3.49. The predicted molar refractivity (Wildman–Crippen MR) is 96.7 cm³/mol. The second kappa shape index (κ2) is 8.24. The Morgan fingerprint density at radius 3 is 2.31 bits per heavy atom. The summed E-state index contributed by atoms with van der Waals surface area (Å²) < 4.78 is 16.0. The molecule has 0 saturated carbocycles. The van der Waals surface area contributed by atoms with Gasteiger partial charge in [-0.1, -0.05) is 0 Å². The van der Waals surface area contributed by atoms with Crippen molar-refractivity contribution in [2.45, 2.75) is 20.0 Å². The number of benzene rings is 2. The second-order valence-corrected chi connectivity index (χ2v) is 5.70. The number of carboxylic acids is 1. The van der Waals surface area contributed by atoms with Gasteiger partial charge in [0.15, 0.2) is 0 Å². The molecule has 2 aromatic carbocycles. The molecule has 0 bridgehead atoms. The van der Waals surface area contributed by atoms with Crippen molar-refractivity contribution in [2.75, 3.05) is 19.5 Å². The summed E-state index contributed by atoms with van der Waals surface area (Å²) in [6, 6.07) is 9.09. The Hall–Kier alpha value is -3.22. The highest BCUT2D eigenvalue weighted by Gasteiger charge is 2.17. The summed E-state index contributed by atoms with van der Waals surface area (Å²) in [5.41, 5.74) is 0.587. The number of rotatable bonds is 7. The molecule has 0 atom stereocenters. The van der Waals surface area contributed by atoms with Crippen molar-refractivity contribution in [3.63, 3.8) is 0 Å². The Morgan fingerprint density at radius 1 is 1.00 bits per heavy atom. The molecule has 2 N–H and O–H groups in total. The van der Waals surface area contributed by atoms with E-state index in [9.17, 15) is 14.7 Å². The smallest absolute Gasteiger partial charge is 0.335 e. The van der Waals surface area contributed by atoms with Gasteiger partial charge < -0.3 is 24.6 Å². The van der Waals surface area contributed by atoms with Gasteiger partial charge in [0.05, 0.1) is 37.1 Å². The fourth-order valence-electron chi connectivity index (χ4n) is 2.29. The van der Waals surface area contributed by atoms with Crippen LogP contribution in [-0.2, 0) is 0 Å². The number of methoxy groups -OCH3 is 2. The number of anilines is 1. The van der Waals surface area contributed by atoms with Crippen LogP contribution in [0.2, 0.25) is 0 Å². The number of amides is 1. The topological polar surface area (TPSA) is 94.1 Å². The van der Waals surface area contributed by atoms with Gasteiger partial charge in [0.1, 0.15) is 17.2 Å². The molecule has 2 rings (SSSR count). The zero-order valence-electron chi connectivity index (χ0n) is 15.0. The molecular formula is C19H21NO6. The van der Waals surface area contributed by atoms with Crippen molar-refractivity contribution in [3.05, 3.63) is 47.5 Å². The number of ether oxygens (including phenoxy) is 3. The Morgan fingerprint density at radius 2 is 1.73 bits per heavy atom. The Kier molecular flexibility index (Phi) is 6.06. The fraction of sp³-hybridized carbons (Fsp3) is 0.263. The van der Waals surface area contributed by atoms with Crippen molar-refractivity contribution < 1.29 is 28.9 Å². The molecule has 0 radical (unpaired) electrons. The van der Waals surface area contributed by atoms with E-state index in [1.54, 1.807) is 18.2 Å². The maximum absolute atomic E-state index is 12.7. The van der Waals surface area contributed by atoms with Gasteiger partial charge in [-0.25, -0.2) is 4.79 Å². The summed E-state index contributed by atoms with van der Waals surface area (Å²) in [7, 11) is 2.96. The van der Waals surface area contributed by atoms with Crippen LogP contribution in [0.25, 0.3) is 0 Å². The molecule has 0 unspecified atom stereocenters. The molecule has 0 saturated heterocycles. The molecule has 2 aromatic rings. The zero-order valence-corrected chi connectivity index (χ0v) is 15.0. The fourth-order valence-corrected chi connectivity index (χ4v) is 2.29. The van der Waals surface area contributed by atoms with Crippen molar-refractivity contribution >= 4 is 17.6 Å². The van der Waals surface area contributed by atoms with Crippen LogP contribution >= 0.6 is 0 Å². The first-order valence-corrected chi connectivity index (χ1v) is 7.93. The van der Waals surface area contributed by atoms with Crippen LogP contribution in [-0.4, -0.2) is 37.3 Å². The lowest BCUT2D eigenvalue weighted by Crippen LogP contribution is -2.16. The van der Waals surface area contributed by atoms with E-state index in [0.29, 0.717) is 17.2 Å². The molecule has 138 valence electrons. The predicted octanol–water partition coefficient (Wildman–Crippen LogP) is 3.44. The number of carbonyl (C=O) groups excluding carboxylic acids is 1. The Balaban J connectivity index is 2.38. The summed E-state index contributed by atoms with van der Waals surface area (Å²) in [4.78, 5) is 23.9. The molecule has 7 nitrogen and oxygen atoms in total. The van der Waals surface area contributed by atoms with Gasteiger partial charge in [-0.3, -0.25) is 4.79 Å². The molecule has 0 aliphatic carbocycles. The summed E-state index contributed by atoms with van der Waals surface area (Å²) in [5, 5.41) is 11.9. The zero-order chi connectivity index (χ0) is 19.3. The summed E-state index contributed by atoms with van der Waals surface area (Å²) in [5.74, 6) is -0.289. The molecular weight excluding hydrogens is 338 g/mol. The first-order chi connectivity index (χ1) is 12.3. The van der Waals surface area contributed by atoms with E-state index in [-0.39, 0.29) is 22.9 Å². The molecule has 7 heteroatoms. The normalized spacial score (nSPS) is 10.3. The number of aromatic carboxylic acids is 1. The van der Waals surface area contributed by atoms with Crippen LogP contribution < -0.4 is 19.5 Å². The van der Waals surface area contributed by atoms with E-state index < -0.39 is 11.9 Å². The molecule has 0 fully saturated rings. The average molecular weight is 359 g/mol. The molecule has 0 aromatic heterocycles. The lowest BCUT2D eigenvalue weighted by molar-refractivity contribution is 0.0696. The number of carbonyl (C=O) groups is 2.